The highest BCUT2D eigenvalue weighted by Crippen LogP contribution is 2.46. The molecule has 9 aromatic carbocycles. The van der Waals surface area contributed by atoms with Gasteiger partial charge in [0.25, 0.3) is 0 Å². The summed E-state index contributed by atoms with van der Waals surface area (Å²) in [5.41, 5.74) is 9.27. The molecule has 0 aliphatic rings. The number of ether oxygens (including phenoxy) is 3. The Hall–Kier alpha value is -6.57. The number of para-hydroxylation sites is 2. The molecule has 0 saturated carbocycles. The van der Waals surface area contributed by atoms with Crippen LogP contribution in [0, 0.1) is 0 Å². The maximum absolute atomic E-state index is 6.24. The molecule has 6 heteroatoms. The van der Waals surface area contributed by atoms with Gasteiger partial charge in [0.2, 0.25) is 4.90 Å². The molecule has 0 aliphatic heterocycles. The maximum atomic E-state index is 6.24. The first kappa shape index (κ1) is 41.8. The van der Waals surface area contributed by atoms with Gasteiger partial charge in [0, 0.05) is 26.3 Å². The summed E-state index contributed by atoms with van der Waals surface area (Å²) in [6.45, 7) is 0. The highest BCUT2D eigenvalue weighted by atomic mass is 32.2. The monoisotopic (exact) mass is 873 g/mol. The van der Waals surface area contributed by atoms with E-state index in [4.69, 9.17) is 14.2 Å². The average molecular weight is 874 g/mol. The first-order valence-electron chi connectivity index (χ1n) is 20.7. The van der Waals surface area contributed by atoms with Gasteiger partial charge in [0.1, 0.15) is 22.4 Å². The van der Waals surface area contributed by atoms with E-state index in [9.17, 15) is 0 Å². The molecule has 308 valence electrons. The van der Waals surface area contributed by atoms with E-state index in [1.807, 2.05) is 30.3 Å². The third-order valence-corrected chi connectivity index (χ3v) is 15.3. The minimum absolute atomic E-state index is 0.472. The molecule has 1 unspecified atom stereocenters. The van der Waals surface area contributed by atoms with Crippen molar-refractivity contribution >= 4 is 34.4 Å². The van der Waals surface area contributed by atoms with E-state index in [-0.39, 0.29) is 0 Å². The van der Waals surface area contributed by atoms with E-state index >= 15 is 0 Å². The second-order valence-electron chi connectivity index (χ2n) is 14.7. The summed E-state index contributed by atoms with van der Waals surface area (Å²) in [7, 11) is 4.76. The van der Waals surface area contributed by atoms with Crippen molar-refractivity contribution in [3.8, 4) is 61.8 Å². The molecule has 3 nitrogen and oxygen atoms in total. The van der Waals surface area contributed by atoms with Crippen LogP contribution >= 0.6 is 23.5 Å². The fourth-order valence-electron chi connectivity index (χ4n) is 7.71. The van der Waals surface area contributed by atoms with Gasteiger partial charge in [0.15, 0.2) is 15.5 Å². The molecule has 63 heavy (non-hydrogen) atoms. The summed E-state index contributed by atoms with van der Waals surface area (Å²) in [4.78, 5) is 8.00. The largest absolute Gasteiger partial charge is 0.496 e. The zero-order valence-corrected chi connectivity index (χ0v) is 37.7. The van der Waals surface area contributed by atoms with Gasteiger partial charge in [-0.3, -0.25) is 0 Å². The summed E-state index contributed by atoms with van der Waals surface area (Å²) in [5.74, 6) is 2.55. The van der Waals surface area contributed by atoms with Gasteiger partial charge in [-0.2, -0.15) is 0 Å². The summed E-state index contributed by atoms with van der Waals surface area (Å²) in [5, 5.41) is 0. The fraction of sp³-hybridized carbons (Fsp3) is 0.0526. The van der Waals surface area contributed by atoms with Gasteiger partial charge >= 0.3 is 0 Å². The lowest BCUT2D eigenvalue weighted by Crippen LogP contribution is -2.07. The second kappa shape index (κ2) is 19.6. The van der Waals surface area contributed by atoms with Crippen molar-refractivity contribution in [2.45, 2.75) is 34.3 Å². The molecule has 0 N–H and O–H groups in total. The molecule has 9 aromatic rings. The molecule has 9 rings (SSSR count). The summed E-state index contributed by atoms with van der Waals surface area (Å²) >= 11 is 3.52. The molecule has 0 aliphatic carbocycles. The number of benzene rings is 9. The van der Waals surface area contributed by atoms with Crippen LogP contribution in [0.5, 0.6) is 17.2 Å². The van der Waals surface area contributed by atoms with Crippen LogP contribution < -0.4 is 14.2 Å². The van der Waals surface area contributed by atoms with Gasteiger partial charge in [-0.05, 0) is 112 Å². The van der Waals surface area contributed by atoms with Crippen LogP contribution in [-0.4, -0.2) is 21.3 Å². The Balaban J connectivity index is 1.05. The lowest BCUT2D eigenvalue weighted by molar-refractivity contribution is 0.403. The SMILES string of the molecule is COc1cc([S+](c2ccc(-c3ccccc3)cc2)c2ccccc2OC)ccc1Sc1cc(Sc2ccccc2-c2ccc(-c3ccccc3OC)cc2)ccc1-c1ccccc1. The van der Waals surface area contributed by atoms with Gasteiger partial charge in [-0.15, -0.1) is 0 Å². The number of methoxy groups -OCH3 is 3. The lowest BCUT2D eigenvalue weighted by atomic mass is 10.00. The summed E-state index contributed by atoms with van der Waals surface area (Å²) < 4.78 is 17.8. The predicted molar refractivity (Wildman–Crippen MR) is 264 cm³/mol. The Morgan fingerprint density at radius 1 is 0.317 bits per heavy atom. The third-order valence-electron chi connectivity index (χ3n) is 10.8. The molecule has 0 saturated heterocycles. The molecule has 0 spiro atoms. The number of hydrogen-bond acceptors (Lipinski definition) is 5. The first-order valence-corrected chi connectivity index (χ1v) is 23.5. The Morgan fingerprint density at radius 2 is 0.825 bits per heavy atom. The number of rotatable bonds is 14. The van der Waals surface area contributed by atoms with Crippen LogP contribution in [0.15, 0.2) is 253 Å². The maximum Gasteiger partial charge on any atom is 0.208 e. The molecule has 0 heterocycles. The van der Waals surface area contributed by atoms with Crippen LogP contribution in [-0.2, 0) is 10.9 Å². The van der Waals surface area contributed by atoms with Crippen LogP contribution in [0.25, 0.3) is 44.5 Å². The topological polar surface area (TPSA) is 27.7 Å². The van der Waals surface area contributed by atoms with Crippen molar-refractivity contribution in [2.75, 3.05) is 21.3 Å². The smallest absolute Gasteiger partial charge is 0.208 e. The molecular formula is C57H45O3S3+. The van der Waals surface area contributed by atoms with Crippen molar-refractivity contribution in [3.05, 3.63) is 218 Å². The molecule has 0 bridgehead atoms. The van der Waals surface area contributed by atoms with Gasteiger partial charge < -0.3 is 14.2 Å². The van der Waals surface area contributed by atoms with Crippen LogP contribution in [0.1, 0.15) is 0 Å². The highest BCUT2D eigenvalue weighted by molar-refractivity contribution is 8.00. The molecular weight excluding hydrogens is 829 g/mol. The van der Waals surface area contributed by atoms with Crippen LogP contribution in [0.2, 0.25) is 0 Å². The average Bonchev–Trinajstić information content (AvgIpc) is 3.35. The van der Waals surface area contributed by atoms with Crippen molar-refractivity contribution < 1.29 is 14.2 Å². The van der Waals surface area contributed by atoms with E-state index in [0.29, 0.717) is 0 Å². The summed E-state index contributed by atoms with van der Waals surface area (Å²) in [6, 6.07) is 77.4. The van der Waals surface area contributed by atoms with Gasteiger partial charge in [-0.25, -0.2) is 0 Å². The van der Waals surface area contributed by atoms with E-state index in [1.165, 1.54) is 37.6 Å². The third kappa shape index (κ3) is 9.30. The normalized spacial score (nSPS) is 11.5. The van der Waals surface area contributed by atoms with Crippen molar-refractivity contribution in [2.24, 2.45) is 0 Å². The highest BCUT2D eigenvalue weighted by Gasteiger charge is 2.33. The van der Waals surface area contributed by atoms with Crippen LogP contribution in [0.3, 0.4) is 0 Å². The van der Waals surface area contributed by atoms with E-state index < -0.39 is 10.9 Å². The Morgan fingerprint density at radius 3 is 1.52 bits per heavy atom. The molecule has 1 atom stereocenters. The van der Waals surface area contributed by atoms with E-state index in [0.717, 1.165) is 58.4 Å². The van der Waals surface area contributed by atoms with Crippen LogP contribution in [0.4, 0.5) is 0 Å². The Bertz CT molecular complexity index is 2950. The van der Waals surface area contributed by atoms with E-state index in [2.05, 4.69) is 188 Å². The van der Waals surface area contributed by atoms with Crippen molar-refractivity contribution in [1.82, 2.24) is 0 Å². The minimum atomic E-state index is -0.472. The standard InChI is InChI=1S/C57H45O3S3/c1-58-51-22-12-10-20-48(51)43-26-28-44(29-27-43)49-21-11-14-24-54(49)61-45-32-36-50(42-18-8-5-9-19-42)56(38-45)62-55-37-35-47(39-53(55)60-3)63(57-25-15-13-23-52(57)59-2)46-33-30-41(31-34-46)40-16-6-4-7-17-40/h4-39H,1-3H3/q+1. The number of hydrogen-bond donors (Lipinski definition) is 0. The fourth-order valence-corrected chi connectivity index (χ4v) is 12.1. The van der Waals surface area contributed by atoms with Gasteiger partial charge in [0.05, 0.1) is 26.2 Å². The zero-order valence-electron chi connectivity index (χ0n) is 35.2. The van der Waals surface area contributed by atoms with Gasteiger partial charge in [-0.1, -0.05) is 163 Å². The molecule has 0 fully saturated rings. The Labute approximate surface area is 382 Å². The molecule has 0 radical (unpaired) electrons. The zero-order chi connectivity index (χ0) is 43.0. The summed E-state index contributed by atoms with van der Waals surface area (Å²) in [6.07, 6.45) is 0. The molecule has 0 aromatic heterocycles. The van der Waals surface area contributed by atoms with Crippen molar-refractivity contribution in [1.29, 1.82) is 0 Å². The molecule has 0 amide bonds. The lowest BCUT2D eigenvalue weighted by Gasteiger charge is -2.16. The first-order chi connectivity index (χ1) is 31.1. The van der Waals surface area contributed by atoms with Crippen molar-refractivity contribution in [3.63, 3.8) is 0 Å². The second-order valence-corrected chi connectivity index (χ2v) is 18.9. The van der Waals surface area contributed by atoms with E-state index in [1.54, 1.807) is 44.9 Å². The Kier molecular flexibility index (Phi) is 13.0. The quantitative estimate of drug-likeness (QED) is 0.102. The predicted octanol–water partition coefficient (Wildman–Crippen LogP) is 15.8. The minimum Gasteiger partial charge on any atom is -0.496 e.